The van der Waals surface area contributed by atoms with Crippen LogP contribution >= 0.6 is 0 Å². The topological polar surface area (TPSA) is 76.0 Å². The molecule has 1 aliphatic heterocycles. The molecule has 0 aromatic rings. The van der Waals surface area contributed by atoms with Crippen molar-refractivity contribution in [3.05, 3.63) is 0 Å². The van der Waals surface area contributed by atoms with Gasteiger partial charge < -0.3 is 10.2 Å². The van der Waals surface area contributed by atoms with Gasteiger partial charge in [0.2, 0.25) is 0 Å². The zero-order valence-corrected chi connectivity index (χ0v) is 4.03. The van der Waals surface area contributed by atoms with Gasteiger partial charge in [-0.25, -0.2) is 14.6 Å². The van der Waals surface area contributed by atoms with Crippen molar-refractivity contribution in [3.63, 3.8) is 0 Å². The molecule has 8 heavy (non-hydrogen) atoms. The first-order valence-electron chi connectivity index (χ1n) is 1.90. The molecule has 0 radical (unpaired) electrons. The van der Waals surface area contributed by atoms with Gasteiger partial charge in [0.25, 0.3) is 0 Å². The Bertz CT molecular complexity index is 58.1. The fourth-order valence-electron chi connectivity index (χ4n) is 0.0833. The zero-order chi connectivity index (χ0) is 6.41. The SMILES string of the molecule is C1COO1.O=C(O)O. The van der Waals surface area contributed by atoms with Crippen molar-refractivity contribution in [2.45, 2.75) is 0 Å². The van der Waals surface area contributed by atoms with Gasteiger partial charge in [0, 0.05) is 0 Å². The second-order valence-corrected chi connectivity index (χ2v) is 0.927. The Morgan fingerprint density at radius 3 is 1.38 bits per heavy atom. The maximum absolute atomic E-state index is 8.56. The second kappa shape index (κ2) is 4.35. The highest BCUT2D eigenvalue weighted by molar-refractivity contribution is 5.53. The number of hydrogen-bond acceptors (Lipinski definition) is 3. The van der Waals surface area contributed by atoms with Crippen molar-refractivity contribution in [2.75, 3.05) is 13.2 Å². The number of hydrogen-bond donors (Lipinski definition) is 2. The van der Waals surface area contributed by atoms with Gasteiger partial charge in [-0.2, -0.15) is 0 Å². The molecule has 1 aliphatic rings. The molecule has 0 bridgehead atoms. The van der Waals surface area contributed by atoms with Crippen LogP contribution in [0.3, 0.4) is 0 Å². The zero-order valence-electron chi connectivity index (χ0n) is 4.03. The van der Waals surface area contributed by atoms with E-state index < -0.39 is 6.16 Å². The van der Waals surface area contributed by atoms with Crippen LogP contribution in [0, 0.1) is 0 Å². The van der Waals surface area contributed by atoms with Crippen LogP contribution in [0.1, 0.15) is 0 Å². The molecule has 48 valence electrons. The van der Waals surface area contributed by atoms with Crippen molar-refractivity contribution in [3.8, 4) is 0 Å². The third-order valence-electron chi connectivity index (χ3n) is 0.333. The molecule has 2 N–H and O–H groups in total. The average molecular weight is 122 g/mol. The molecule has 1 saturated heterocycles. The number of rotatable bonds is 0. The van der Waals surface area contributed by atoms with Gasteiger partial charge in [-0.05, 0) is 0 Å². The van der Waals surface area contributed by atoms with Crippen molar-refractivity contribution in [1.29, 1.82) is 0 Å². The molecule has 1 fully saturated rings. The first-order valence-corrected chi connectivity index (χ1v) is 1.90. The third-order valence-corrected chi connectivity index (χ3v) is 0.333. The normalized spacial score (nSPS) is 15.0. The summed E-state index contributed by atoms with van der Waals surface area (Å²) in [6.45, 7) is 1.56. The maximum atomic E-state index is 8.56. The molecular formula is C3H6O5. The Labute approximate surface area is 45.4 Å². The van der Waals surface area contributed by atoms with Gasteiger partial charge in [0.1, 0.15) is 13.2 Å². The predicted octanol–water partition coefficient (Wildman–Crippen LogP) is 0.171. The summed E-state index contributed by atoms with van der Waals surface area (Å²) in [6.07, 6.45) is -1.83. The molecule has 0 aromatic carbocycles. The molecule has 0 spiro atoms. The summed E-state index contributed by atoms with van der Waals surface area (Å²) in [6, 6.07) is 0. The molecule has 5 heteroatoms. The van der Waals surface area contributed by atoms with Crippen LogP contribution in [0.2, 0.25) is 0 Å². The Morgan fingerprint density at radius 1 is 1.25 bits per heavy atom. The summed E-state index contributed by atoms with van der Waals surface area (Å²) >= 11 is 0. The second-order valence-electron chi connectivity index (χ2n) is 0.927. The Kier molecular flexibility index (Phi) is 3.91. The minimum Gasteiger partial charge on any atom is -0.450 e. The van der Waals surface area contributed by atoms with E-state index >= 15 is 0 Å². The van der Waals surface area contributed by atoms with Gasteiger partial charge in [-0.3, -0.25) is 0 Å². The van der Waals surface area contributed by atoms with Crippen LogP contribution in [0.5, 0.6) is 0 Å². The first kappa shape index (κ1) is 7.19. The van der Waals surface area contributed by atoms with E-state index in [4.69, 9.17) is 15.0 Å². The lowest BCUT2D eigenvalue weighted by atomic mass is 10.8. The van der Waals surface area contributed by atoms with E-state index in [2.05, 4.69) is 9.78 Å². The van der Waals surface area contributed by atoms with Gasteiger partial charge >= 0.3 is 6.16 Å². The molecule has 0 unspecified atom stereocenters. The molecule has 0 aliphatic carbocycles. The van der Waals surface area contributed by atoms with Crippen LogP contribution in [0.4, 0.5) is 4.79 Å². The summed E-state index contributed by atoms with van der Waals surface area (Å²) < 4.78 is 0. The maximum Gasteiger partial charge on any atom is 0.503 e. The summed E-state index contributed by atoms with van der Waals surface area (Å²) in [7, 11) is 0. The van der Waals surface area contributed by atoms with E-state index in [1.165, 1.54) is 0 Å². The van der Waals surface area contributed by atoms with Gasteiger partial charge in [0.05, 0.1) is 0 Å². The molecular weight excluding hydrogens is 116 g/mol. The van der Waals surface area contributed by atoms with Crippen molar-refractivity contribution >= 4 is 6.16 Å². The average Bonchev–Trinajstić information content (AvgIpc) is 1.19. The Balaban J connectivity index is 0.000000122. The van der Waals surface area contributed by atoms with E-state index in [-0.39, 0.29) is 0 Å². The Morgan fingerprint density at radius 2 is 1.38 bits per heavy atom. The highest BCUT2D eigenvalue weighted by Crippen LogP contribution is 1.87. The quantitative estimate of drug-likeness (QED) is 0.448. The molecule has 0 atom stereocenters. The van der Waals surface area contributed by atoms with Crippen molar-refractivity contribution < 1.29 is 24.8 Å². The predicted molar refractivity (Wildman–Crippen MR) is 22.6 cm³/mol. The molecule has 0 amide bonds. The van der Waals surface area contributed by atoms with Crippen molar-refractivity contribution in [2.24, 2.45) is 0 Å². The lowest BCUT2D eigenvalue weighted by Gasteiger charge is -2.08. The monoisotopic (exact) mass is 122 g/mol. The largest absolute Gasteiger partial charge is 0.503 e. The number of carboxylic acid groups (broad SMARTS) is 2. The molecule has 0 saturated carbocycles. The third kappa shape index (κ3) is 8.95. The van der Waals surface area contributed by atoms with E-state index in [9.17, 15) is 0 Å². The molecule has 1 rings (SSSR count). The summed E-state index contributed by atoms with van der Waals surface area (Å²) in [5.41, 5.74) is 0. The molecule has 5 nitrogen and oxygen atoms in total. The molecule has 0 aromatic heterocycles. The summed E-state index contributed by atoms with van der Waals surface area (Å²) in [5.74, 6) is 0. The number of carbonyl (C=O) groups is 1. The van der Waals surface area contributed by atoms with E-state index in [1.807, 2.05) is 0 Å². The fraction of sp³-hybridized carbons (Fsp3) is 0.667. The van der Waals surface area contributed by atoms with E-state index in [0.717, 1.165) is 13.2 Å². The van der Waals surface area contributed by atoms with Crippen LogP contribution in [0.25, 0.3) is 0 Å². The highest BCUT2D eigenvalue weighted by Gasteiger charge is 1.95. The first-order chi connectivity index (χ1) is 3.73. The lowest BCUT2D eigenvalue weighted by Crippen LogP contribution is -2.14. The fourth-order valence-corrected chi connectivity index (χ4v) is 0.0833. The summed E-state index contributed by atoms with van der Waals surface area (Å²) in [4.78, 5) is 17.0. The minimum atomic E-state index is -1.83. The summed E-state index contributed by atoms with van der Waals surface area (Å²) in [5, 5.41) is 13.9. The van der Waals surface area contributed by atoms with Gasteiger partial charge in [-0.1, -0.05) is 0 Å². The minimum absolute atomic E-state index is 0.778. The standard InChI is InChI=1S/C2H4O2.CH2O3/c1-2-4-3-1;2-1(3)4/h1-2H2;(H2,2,3,4). The van der Waals surface area contributed by atoms with E-state index in [1.54, 1.807) is 0 Å². The van der Waals surface area contributed by atoms with Gasteiger partial charge in [-0.15, -0.1) is 0 Å². The molecule has 1 heterocycles. The van der Waals surface area contributed by atoms with E-state index in [0.29, 0.717) is 0 Å². The van der Waals surface area contributed by atoms with Crippen LogP contribution in [0.15, 0.2) is 0 Å². The van der Waals surface area contributed by atoms with Gasteiger partial charge in [0.15, 0.2) is 0 Å². The lowest BCUT2D eigenvalue weighted by molar-refractivity contribution is -0.382. The Hall–Kier alpha value is -0.810. The van der Waals surface area contributed by atoms with Crippen LogP contribution < -0.4 is 0 Å². The smallest absolute Gasteiger partial charge is 0.450 e. The van der Waals surface area contributed by atoms with Crippen LogP contribution in [-0.4, -0.2) is 29.6 Å². The highest BCUT2D eigenvalue weighted by atomic mass is 17.2. The van der Waals surface area contributed by atoms with Crippen molar-refractivity contribution in [1.82, 2.24) is 0 Å². The van der Waals surface area contributed by atoms with Crippen LogP contribution in [-0.2, 0) is 9.78 Å².